The standard InChI is InChI=1S/C18H23N5O/c1-4-22-17(24)15-16(23-10-13(2)20(3)18(22)23)19-12-21(15)11-14-8-6-5-7-9-14/h5-9,12-13,18H,4,10-11H2,1-3H3/t13-,18?/m1/s1. The van der Waals surface area contributed by atoms with Gasteiger partial charge in [-0.3, -0.25) is 9.69 Å². The van der Waals surface area contributed by atoms with E-state index in [4.69, 9.17) is 0 Å². The van der Waals surface area contributed by atoms with E-state index in [0.29, 0.717) is 24.8 Å². The molecule has 2 aromatic rings. The molecule has 1 aromatic carbocycles. The minimum absolute atomic E-state index is 0.0231. The zero-order chi connectivity index (χ0) is 16.8. The summed E-state index contributed by atoms with van der Waals surface area (Å²) >= 11 is 0. The molecule has 24 heavy (non-hydrogen) atoms. The Labute approximate surface area is 142 Å². The fraction of sp³-hybridized carbons (Fsp3) is 0.444. The van der Waals surface area contributed by atoms with E-state index >= 15 is 0 Å². The lowest BCUT2D eigenvalue weighted by Gasteiger charge is -2.41. The van der Waals surface area contributed by atoms with E-state index in [1.165, 1.54) is 5.56 Å². The lowest BCUT2D eigenvalue weighted by molar-refractivity contribution is 0.0437. The Balaban J connectivity index is 1.76. The van der Waals surface area contributed by atoms with Crippen molar-refractivity contribution < 1.29 is 4.79 Å². The smallest absolute Gasteiger partial charge is 0.277 e. The highest BCUT2D eigenvalue weighted by molar-refractivity contribution is 5.99. The Kier molecular flexibility index (Phi) is 3.57. The van der Waals surface area contributed by atoms with Gasteiger partial charge < -0.3 is 14.4 Å². The van der Waals surface area contributed by atoms with Gasteiger partial charge in [-0.2, -0.15) is 0 Å². The van der Waals surface area contributed by atoms with Crippen LogP contribution in [0.5, 0.6) is 0 Å². The van der Waals surface area contributed by atoms with Crippen LogP contribution in [0.4, 0.5) is 5.82 Å². The molecule has 2 aliphatic rings. The third-order valence-electron chi connectivity index (χ3n) is 5.17. The Morgan fingerprint density at radius 2 is 2.00 bits per heavy atom. The number of amides is 1. The average molecular weight is 325 g/mol. The summed E-state index contributed by atoms with van der Waals surface area (Å²) in [5.74, 6) is 0.893. The largest absolute Gasteiger partial charge is 0.320 e. The van der Waals surface area contributed by atoms with Gasteiger partial charge in [0.15, 0.2) is 17.8 Å². The first-order chi connectivity index (χ1) is 11.6. The molecule has 0 N–H and O–H groups in total. The van der Waals surface area contributed by atoms with Gasteiger partial charge >= 0.3 is 0 Å². The topological polar surface area (TPSA) is 44.6 Å². The van der Waals surface area contributed by atoms with Crippen molar-refractivity contribution in [3.8, 4) is 0 Å². The number of likely N-dealkylation sites (N-methyl/N-ethyl adjacent to an activating group) is 1. The SMILES string of the molecule is CCN1C(=O)c2c(ncn2Cc2ccccc2)N2C[C@@H](C)N(C)C12. The van der Waals surface area contributed by atoms with Gasteiger partial charge in [0.1, 0.15) is 0 Å². The summed E-state index contributed by atoms with van der Waals surface area (Å²) < 4.78 is 1.98. The third kappa shape index (κ3) is 2.13. The van der Waals surface area contributed by atoms with Gasteiger partial charge in [-0.15, -0.1) is 0 Å². The molecule has 2 atom stereocenters. The zero-order valence-corrected chi connectivity index (χ0v) is 14.4. The van der Waals surface area contributed by atoms with E-state index in [9.17, 15) is 4.79 Å². The number of anilines is 1. The molecule has 1 saturated heterocycles. The molecule has 0 bridgehead atoms. The summed E-state index contributed by atoms with van der Waals surface area (Å²) in [4.78, 5) is 24.2. The quantitative estimate of drug-likeness (QED) is 0.864. The third-order valence-corrected chi connectivity index (χ3v) is 5.17. The van der Waals surface area contributed by atoms with Crippen LogP contribution >= 0.6 is 0 Å². The maximum Gasteiger partial charge on any atom is 0.277 e. The molecule has 6 heteroatoms. The maximum atomic E-state index is 13.1. The number of carbonyl (C=O) groups excluding carboxylic acids is 1. The molecule has 3 heterocycles. The molecular weight excluding hydrogens is 302 g/mol. The number of nitrogens with zero attached hydrogens (tertiary/aromatic N) is 5. The Morgan fingerprint density at radius 3 is 2.71 bits per heavy atom. The molecule has 0 saturated carbocycles. The van der Waals surface area contributed by atoms with E-state index in [-0.39, 0.29) is 12.2 Å². The van der Waals surface area contributed by atoms with Crippen molar-refractivity contribution in [1.82, 2.24) is 19.4 Å². The van der Waals surface area contributed by atoms with Gasteiger partial charge in [0.05, 0.1) is 6.33 Å². The van der Waals surface area contributed by atoms with Crippen LogP contribution in [0.3, 0.4) is 0 Å². The molecule has 126 valence electrons. The minimum Gasteiger partial charge on any atom is -0.320 e. The minimum atomic E-state index is -0.0231. The number of fused-ring (bicyclic) bond motifs is 3. The molecular formula is C18H23N5O. The van der Waals surface area contributed by atoms with Crippen LogP contribution in [0.15, 0.2) is 36.7 Å². The summed E-state index contributed by atoms with van der Waals surface area (Å²) in [6, 6.07) is 10.6. The predicted octanol–water partition coefficient (Wildman–Crippen LogP) is 1.83. The van der Waals surface area contributed by atoms with E-state index in [2.05, 4.69) is 40.9 Å². The van der Waals surface area contributed by atoms with Crippen LogP contribution in [-0.2, 0) is 6.54 Å². The first kappa shape index (κ1) is 15.2. The van der Waals surface area contributed by atoms with Crippen LogP contribution in [0.2, 0.25) is 0 Å². The molecule has 0 aliphatic carbocycles. The van der Waals surface area contributed by atoms with Crippen LogP contribution in [-0.4, -0.2) is 57.7 Å². The molecule has 6 nitrogen and oxygen atoms in total. The highest BCUT2D eigenvalue weighted by Crippen LogP contribution is 2.35. The highest BCUT2D eigenvalue weighted by atomic mass is 16.2. The van der Waals surface area contributed by atoms with Crippen LogP contribution in [0.25, 0.3) is 0 Å². The molecule has 1 amide bonds. The van der Waals surface area contributed by atoms with E-state index in [1.807, 2.05) is 34.6 Å². The average Bonchev–Trinajstić information content (AvgIpc) is 3.13. The first-order valence-corrected chi connectivity index (χ1v) is 8.50. The second kappa shape index (κ2) is 5.63. The van der Waals surface area contributed by atoms with E-state index in [0.717, 1.165) is 12.4 Å². The second-order valence-corrected chi connectivity index (χ2v) is 6.63. The van der Waals surface area contributed by atoms with Crippen molar-refractivity contribution in [2.24, 2.45) is 0 Å². The first-order valence-electron chi connectivity index (χ1n) is 8.50. The Bertz CT molecular complexity index is 756. The van der Waals surface area contributed by atoms with Crippen LogP contribution < -0.4 is 4.90 Å². The Hall–Kier alpha value is -2.34. The number of aromatic nitrogens is 2. The monoisotopic (exact) mass is 325 g/mol. The molecule has 0 radical (unpaired) electrons. The molecule has 1 fully saturated rings. The van der Waals surface area contributed by atoms with Gasteiger partial charge in [0.2, 0.25) is 0 Å². The molecule has 1 unspecified atom stereocenters. The molecule has 2 aliphatic heterocycles. The number of hydrogen-bond acceptors (Lipinski definition) is 4. The summed E-state index contributed by atoms with van der Waals surface area (Å²) in [6.07, 6.45) is 1.78. The van der Waals surface area contributed by atoms with Crippen LogP contribution in [0.1, 0.15) is 29.9 Å². The molecule has 4 rings (SSSR count). The maximum absolute atomic E-state index is 13.1. The van der Waals surface area contributed by atoms with Gasteiger partial charge in [-0.25, -0.2) is 4.98 Å². The summed E-state index contributed by atoms with van der Waals surface area (Å²) in [5.41, 5.74) is 1.88. The normalized spacial score (nSPS) is 23.5. The van der Waals surface area contributed by atoms with Crippen molar-refractivity contribution >= 4 is 11.7 Å². The van der Waals surface area contributed by atoms with Crippen molar-refractivity contribution in [1.29, 1.82) is 0 Å². The fourth-order valence-electron chi connectivity index (χ4n) is 3.79. The molecule has 0 spiro atoms. The van der Waals surface area contributed by atoms with Crippen molar-refractivity contribution in [3.63, 3.8) is 0 Å². The highest BCUT2D eigenvalue weighted by Gasteiger charge is 2.47. The Morgan fingerprint density at radius 1 is 1.25 bits per heavy atom. The van der Waals surface area contributed by atoms with Crippen molar-refractivity contribution in [2.75, 3.05) is 25.0 Å². The zero-order valence-electron chi connectivity index (χ0n) is 14.4. The number of rotatable bonds is 3. The van der Waals surface area contributed by atoms with Gasteiger partial charge in [-0.1, -0.05) is 30.3 Å². The molecule has 1 aromatic heterocycles. The van der Waals surface area contributed by atoms with E-state index in [1.54, 1.807) is 6.33 Å². The second-order valence-electron chi connectivity index (χ2n) is 6.63. The van der Waals surface area contributed by atoms with Gasteiger partial charge in [-0.05, 0) is 26.5 Å². The van der Waals surface area contributed by atoms with Crippen molar-refractivity contribution in [2.45, 2.75) is 32.7 Å². The van der Waals surface area contributed by atoms with Crippen molar-refractivity contribution in [3.05, 3.63) is 47.9 Å². The number of imidazole rings is 1. The lowest BCUT2D eigenvalue weighted by Crippen LogP contribution is -2.57. The summed E-state index contributed by atoms with van der Waals surface area (Å²) in [6.45, 7) is 6.47. The summed E-state index contributed by atoms with van der Waals surface area (Å²) in [7, 11) is 2.08. The van der Waals surface area contributed by atoms with Gasteiger partial charge in [0, 0.05) is 25.7 Å². The number of hydrogen-bond donors (Lipinski definition) is 0. The van der Waals surface area contributed by atoms with Gasteiger partial charge in [0.25, 0.3) is 5.91 Å². The van der Waals surface area contributed by atoms with Crippen LogP contribution in [0, 0.1) is 0 Å². The number of carbonyl (C=O) groups is 1. The lowest BCUT2D eigenvalue weighted by atomic mass is 10.2. The number of benzene rings is 1. The fourth-order valence-corrected chi connectivity index (χ4v) is 3.79. The predicted molar refractivity (Wildman–Crippen MR) is 92.8 cm³/mol. The summed E-state index contributed by atoms with van der Waals surface area (Å²) in [5, 5.41) is 0. The van der Waals surface area contributed by atoms with E-state index < -0.39 is 0 Å².